The Hall–Kier alpha value is -1.13. The van der Waals surface area contributed by atoms with Crippen LogP contribution in [0.2, 0.25) is 0 Å². The van der Waals surface area contributed by atoms with Crippen molar-refractivity contribution in [2.75, 3.05) is 24.7 Å². The van der Waals surface area contributed by atoms with Crippen LogP contribution in [0.5, 0.6) is 0 Å². The third-order valence-electron chi connectivity index (χ3n) is 3.91. The molecule has 4 nitrogen and oxygen atoms in total. The van der Waals surface area contributed by atoms with Gasteiger partial charge in [0.05, 0.1) is 18.8 Å². The molecule has 1 aliphatic rings. The van der Waals surface area contributed by atoms with Crippen LogP contribution < -0.4 is 10.2 Å². The topological polar surface area (TPSA) is 37.4 Å². The molecule has 1 fully saturated rings. The van der Waals surface area contributed by atoms with Gasteiger partial charge in [-0.15, -0.1) is 0 Å². The molecule has 1 saturated heterocycles. The summed E-state index contributed by atoms with van der Waals surface area (Å²) in [5.41, 5.74) is 2.49. The summed E-state index contributed by atoms with van der Waals surface area (Å²) in [6.45, 7) is 16.3. The Kier molecular flexibility index (Phi) is 4.59. The number of aryl methyl sites for hydroxylation is 1. The lowest BCUT2D eigenvalue weighted by Crippen LogP contribution is -2.53. The SMILES string of the molecule is Cc1nc(N2CCOCC2(C)C)ccc1CNC(C)(C)C. The standard InChI is InChI=1S/C17H29N3O/c1-13-14(11-18-16(2,3)4)7-8-15(19-13)20-9-10-21-12-17(20,5)6/h7-8,18H,9-12H2,1-6H3. The third-order valence-corrected chi connectivity index (χ3v) is 3.91. The Labute approximate surface area is 128 Å². The molecule has 1 aromatic heterocycles. The highest BCUT2D eigenvalue weighted by molar-refractivity contribution is 5.45. The van der Waals surface area contributed by atoms with Gasteiger partial charge >= 0.3 is 0 Å². The zero-order chi connectivity index (χ0) is 15.7. The second-order valence-electron chi connectivity index (χ2n) is 7.53. The number of aromatic nitrogens is 1. The molecular formula is C17H29N3O. The zero-order valence-electron chi connectivity index (χ0n) is 14.3. The molecule has 0 unspecified atom stereocenters. The fourth-order valence-corrected chi connectivity index (χ4v) is 2.56. The molecule has 1 aromatic rings. The molecule has 0 bridgehead atoms. The number of ether oxygens (including phenoxy) is 1. The highest BCUT2D eigenvalue weighted by Crippen LogP contribution is 2.26. The number of nitrogens with one attached hydrogen (secondary N) is 1. The van der Waals surface area contributed by atoms with Crippen molar-refractivity contribution in [1.82, 2.24) is 10.3 Å². The second kappa shape index (κ2) is 5.93. The normalized spacial score (nSPS) is 18.9. The van der Waals surface area contributed by atoms with Crippen LogP contribution in [-0.2, 0) is 11.3 Å². The van der Waals surface area contributed by atoms with Crippen molar-refractivity contribution in [3.8, 4) is 0 Å². The van der Waals surface area contributed by atoms with Crippen LogP contribution in [-0.4, -0.2) is 35.8 Å². The van der Waals surface area contributed by atoms with Gasteiger partial charge in [0.15, 0.2) is 0 Å². The van der Waals surface area contributed by atoms with E-state index in [1.165, 1.54) is 5.56 Å². The van der Waals surface area contributed by atoms with Crippen LogP contribution in [0, 0.1) is 6.92 Å². The van der Waals surface area contributed by atoms with E-state index in [2.05, 4.69) is 63.9 Å². The summed E-state index contributed by atoms with van der Waals surface area (Å²) in [5.74, 6) is 1.06. The summed E-state index contributed by atoms with van der Waals surface area (Å²) in [5, 5.41) is 3.52. The van der Waals surface area contributed by atoms with Crippen molar-refractivity contribution in [1.29, 1.82) is 0 Å². The minimum absolute atomic E-state index is 0.00284. The summed E-state index contributed by atoms with van der Waals surface area (Å²) in [6, 6.07) is 4.34. The highest BCUT2D eigenvalue weighted by Gasteiger charge is 2.31. The van der Waals surface area contributed by atoms with E-state index in [0.29, 0.717) is 0 Å². The molecule has 0 saturated carbocycles. The van der Waals surface area contributed by atoms with Gasteiger partial charge in [-0.1, -0.05) is 6.07 Å². The highest BCUT2D eigenvalue weighted by atomic mass is 16.5. The lowest BCUT2D eigenvalue weighted by atomic mass is 10.0. The Bertz CT molecular complexity index is 491. The summed E-state index contributed by atoms with van der Waals surface area (Å²) in [4.78, 5) is 7.18. The predicted molar refractivity (Wildman–Crippen MR) is 87.8 cm³/mol. The van der Waals surface area contributed by atoms with E-state index in [1.807, 2.05) is 0 Å². The van der Waals surface area contributed by atoms with Crippen LogP contribution >= 0.6 is 0 Å². The average molecular weight is 291 g/mol. The summed E-state index contributed by atoms with van der Waals surface area (Å²) < 4.78 is 5.59. The first kappa shape index (κ1) is 16.2. The van der Waals surface area contributed by atoms with Crippen LogP contribution in [0.4, 0.5) is 5.82 Å². The number of anilines is 1. The molecular weight excluding hydrogens is 262 g/mol. The van der Waals surface area contributed by atoms with Gasteiger partial charge in [-0.25, -0.2) is 4.98 Å². The minimum atomic E-state index is 0.00284. The molecule has 118 valence electrons. The van der Waals surface area contributed by atoms with Crippen LogP contribution in [0.1, 0.15) is 45.9 Å². The van der Waals surface area contributed by atoms with Crippen molar-refractivity contribution < 1.29 is 4.74 Å². The largest absolute Gasteiger partial charge is 0.377 e. The molecule has 0 amide bonds. The Balaban J connectivity index is 2.15. The molecule has 0 aromatic carbocycles. The van der Waals surface area contributed by atoms with Crippen molar-refractivity contribution >= 4 is 5.82 Å². The number of rotatable bonds is 3. The Morgan fingerprint density at radius 1 is 1.33 bits per heavy atom. The van der Waals surface area contributed by atoms with E-state index < -0.39 is 0 Å². The molecule has 0 atom stereocenters. The van der Waals surface area contributed by atoms with E-state index >= 15 is 0 Å². The van der Waals surface area contributed by atoms with Crippen LogP contribution in [0.15, 0.2) is 12.1 Å². The van der Waals surface area contributed by atoms with E-state index in [4.69, 9.17) is 9.72 Å². The predicted octanol–water partition coefficient (Wildman–Crippen LogP) is 2.89. The molecule has 2 rings (SSSR count). The number of pyridine rings is 1. The lowest BCUT2D eigenvalue weighted by Gasteiger charge is -2.43. The first-order chi connectivity index (χ1) is 9.69. The average Bonchev–Trinajstić information content (AvgIpc) is 2.35. The molecule has 0 aliphatic carbocycles. The smallest absolute Gasteiger partial charge is 0.129 e. The summed E-state index contributed by atoms with van der Waals surface area (Å²) in [6.07, 6.45) is 0. The first-order valence-electron chi connectivity index (χ1n) is 7.76. The molecule has 2 heterocycles. The van der Waals surface area contributed by atoms with Crippen molar-refractivity contribution in [2.45, 2.75) is 59.2 Å². The first-order valence-corrected chi connectivity index (χ1v) is 7.76. The molecule has 1 N–H and O–H groups in total. The van der Waals surface area contributed by atoms with E-state index in [-0.39, 0.29) is 11.1 Å². The molecule has 0 spiro atoms. The summed E-state index contributed by atoms with van der Waals surface area (Å²) in [7, 11) is 0. The monoisotopic (exact) mass is 291 g/mol. The van der Waals surface area contributed by atoms with Crippen molar-refractivity contribution in [3.63, 3.8) is 0 Å². The number of hydrogen-bond acceptors (Lipinski definition) is 4. The van der Waals surface area contributed by atoms with Gasteiger partial charge in [0.1, 0.15) is 5.82 Å². The molecule has 4 heteroatoms. The number of nitrogens with zero attached hydrogens (tertiary/aromatic N) is 2. The maximum absolute atomic E-state index is 5.59. The third kappa shape index (κ3) is 4.17. The van der Waals surface area contributed by atoms with Gasteiger partial charge in [0.2, 0.25) is 0 Å². The van der Waals surface area contributed by atoms with Crippen molar-refractivity contribution in [3.05, 3.63) is 23.4 Å². The van der Waals surface area contributed by atoms with Gasteiger partial charge in [0.25, 0.3) is 0 Å². The van der Waals surface area contributed by atoms with E-state index in [0.717, 1.165) is 37.8 Å². The van der Waals surface area contributed by atoms with Gasteiger partial charge in [-0.05, 0) is 53.2 Å². The second-order valence-corrected chi connectivity index (χ2v) is 7.53. The lowest BCUT2D eigenvalue weighted by molar-refractivity contribution is 0.0639. The Morgan fingerprint density at radius 3 is 2.62 bits per heavy atom. The Morgan fingerprint density at radius 2 is 2.05 bits per heavy atom. The van der Waals surface area contributed by atoms with Crippen LogP contribution in [0.25, 0.3) is 0 Å². The van der Waals surface area contributed by atoms with E-state index in [9.17, 15) is 0 Å². The van der Waals surface area contributed by atoms with Gasteiger partial charge in [-0.2, -0.15) is 0 Å². The fourth-order valence-electron chi connectivity index (χ4n) is 2.56. The number of morpholine rings is 1. The molecule has 21 heavy (non-hydrogen) atoms. The maximum Gasteiger partial charge on any atom is 0.129 e. The van der Waals surface area contributed by atoms with Crippen LogP contribution in [0.3, 0.4) is 0 Å². The minimum Gasteiger partial charge on any atom is -0.377 e. The maximum atomic E-state index is 5.59. The zero-order valence-corrected chi connectivity index (χ0v) is 14.3. The molecule has 0 radical (unpaired) electrons. The van der Waals surface area contributed by atoms with Gasteiger partial charge in [-0.3, -0.25) is 0 Å². The summed E-state index contributed by atoms with van der Waals surface area (Å²) >= 11 is 0. The van der Waals surface area contributed by atoms with E-state index in [1.54, 1.807) is 0 Å². The van der Waals surface area contributed by atoms with Gasteiger partial charge < -0.3 is 15.0 Å². The quantitative estimate of drug-likeness (QED) is 0.929. The van der Waals surface area contributed by atoms with Crippen molar-refractivity contribution in [2.24, 2.45) is 0 Å². The molecule has 1 aliphatic heterocycles. The number of hydrogen-bond donors (Lipinski definition) is 1. The van der Waals surface area contributed by atoms with Gasteiger partial charge in [0, 0.05) is 24.3 Å². The fraction of sp³-hybridized carbons (Fsp3) is 0.706.